The largest absolute Gasteiger partial charge is 0.504 e. The second kappa shape index (κ2) is 11.2. The summed E-state index contributed by atoms with van der Waals surface area (Å²) in [7, 11) is 0. The molecule has 0 saturated heterocycles. The molecular formula is C40H48O6. The molecule has 3 saturated carbocycles. The van der Waals surface area contributed by atoms with Crippen LogP contribution >= 0.6 is 0 Å². The standard InChI is InChI=1S/C40H48O6/c1-26-28-13-14-31-38(4,29(28)24-30(41)34(26)43)19-21-40(6)32-25-37(3,17-16-36(32,2)18-20-39(31,40)5)35(44)46-23-22-45-33(42)15-12-27-10-8-7-9-11-27/h7-15,24,32,43H,16-23,25H2,1-6H3/b15-12+/t32-,36-,37-,38+,39-,40+/m1/s1. The summed E-state index contributed by atoms with van der Waals surface area (Å²) in [6.07, 6.45) is 15.7. The van der Waals surface area contributed by atoms with Crippen LogP contribution in [0.3, 0.4) is 0 Å². The molecule has 6 atom stereocenters. The number of hydrogen-bond acceptors (Lipinski definition) is 6. The van der Waals surface area contributed by atoms with E-state index in [9.17, 15) is 19.5 Å². The van der Waals surface area contributed by atoms with E-state index in [1.165, 1.54) is 11.6 Å². The van der Waals surface area contributed by atoms with E-state index in [0.29, 0.717) is 11.5 Å². The van der Waals surface area contributed by atoms with Gasteiger partial charge in [0.1, 0.15) is 13.2 Å². The Morgan fingerprint density at radius 1 is 0.913 bits per heavy atom. The van der Waals surface area contributed by atoms with Crippen LogP contribution in [-0.4, -0.2) is 36.0 Å². The Labute approximate surface area is 273 Å². The van der Waals surface area contributed by atoms with Crippen LogP contribution in [0, 0.1) is 33.0 Å². The number of aliphatic hydroxyl groups is 1. The van der Waals surface area contributed by atoms with E-state index in [-0.39, 0.29) is 52.4 Å². The van der Waals surface area contributed by atoms with Gasteiger partial charge < -0.3 is 14.6 Å². The van der Waals surface area contributed by atoms with Crippen LogP contribution in [0.1, 0.15) is 92.1 Å². The van der Waals surface area contributed by atoms with Gasteiger partial charge in [-0.3, -0.25) is 9.59 Å². The van der Waals surface area contributed by atoms with Crippen molar-refractivity contribution in [1.82, 2.24) is 0 Å². The normalized spacial score (nSPS) is 36.8. The van der Waals surface area contributed by atoms with Crippen molar-refractivity contribution in [2.75, 3.05) is 13.2 Å². The summed E-state index contributed by atoms with van der Waals surface area (Å²) in [4.78, 5) is 38.6. The molecule has 0 unspecified atom stereocenters. The molecule has 5 aliphatic rings. The van der Waals surface area contributed by atoms with E-state index in [0.717, 1.165) is 61.7 Å². The third-order valence-corrected chi connectivity index (χ3v) is 13.1. The third kappa shape index (κ3) is 4.94. The van der Waals surface area contributed by atoms with Crippen molar-refractivity contribution in [1.29, 1.82) is 0 Å². The van der Waals surface area contributed by atoms with Crippen molar-refractivity contribution in [2.45, 2.75) is 86.5 Å². The molecule has 0 radical (unpaired) electrons. The van der Waals surface area contributed by atoms with Gasteiger partial charge in [0.25, 0.3) is 0 Å². The van der Waals surface area contributed by atoms with Crippen LogP contribution in [0.4, 0.5) is 0 Å². The molecule has 1 N–H and O–H groups in total. The molecule has 0 heterocycles. The highest BCUT2D eigenvalue weighted by Gasteiger charge is 2.67. The van der Waals surface area contributed by atoms with Gasteiger partial charge >= 0.3 is 11.9 Å². The molecule has 1 aromatic rings. The second-order valence-electron chi connectivity index (χ2n) is 15.7. The first-order valence-corrected chi connectivity index (χ1v) is 16.8. The first-order valence-electron chi connectivity index (χ1n) is 16.8. The average Bonchev–Trinajstić information content (AvgIpc) is 3.04. The number of carbonyl (C=O) groups excluding carboxylic acids is 3. The van der Waals surface area contributed by atoms with Gasteiger partial charge in [-0.25, -0.2) is 4.79 Å². The van der Waals surface area contributed by atoms with Gasteiger partial charge in [0.05, 0.1) is 5.41 Å². The summed E-state index contributed by atoms with van der Waals surface area (Å²) in [6.45, 7) is 13.5. The van der Waals surface area contributed by atoms with Crippen molar-refractivity contribution >= 4 is 23.8 Å². The van der Waals surface area contributed by atoms with Gasteiger partial charge in [0.2, 0.25) is 5.78 Å². The fraction of sp³-hybridized carbons (Fsp3) is 0.525. The average molecular weight is 625 g/mol. The number of esters is 2. The molecule has 46 heavy (non-hydrogen) atoms. The number of allylic oxidation sites excluding steroid dienone is 7. The number of carbonyl (C=O) groups is 3. The Hall–Kier alpha value is -3.67. The molecule has 5 aliphatic carbocycles. The zero-order valence-electron chi connectivity index (χ0n) is 28.2. The molecule has 6 heteroatoms. The summed E-state index contributed by atoms with van der Waals surface area (Å²) >= 11 is 0. The first kappa shape index (κ1) is 32.3. The minimum atomic E-state index is -0.616. The number of rotatable bonds is 6. The second-order valence-corrected chi connectivity index (χ2v) is 15.7. The van der Waals surface area contributed by atoms with Gasteiger partial charge in [-0.05, 0) is 110 Å². The fourth-order valence-corrected chi connectivity index (χ4v) is 9.87. The number of ether oxygens (including phenoxy) is 2. The minimum absolute atomic E-state index is 0.0176. The van der Waals surface area contributed by atoms with Crippen molar-refractivity contribution in [3.63, 3.8) is 0 Å². The molecule has 0 bridgehead atoms. The molecule has 0 aliphatic heterocycles. The van der Waals surface area contributed by atoms with Crippen molar-refractivity contribution in [3.05, 3.63) is 88.3 Å². The van der Waals surface area contributed by atoms with Gasteiger partial charge in [-0.2, -0.15) is 0 Å². The summed E-state index contributed by atoms with van der Waals surface area (Å²) in [6, 6.07) is 9.54. The van der Waals surface area contributed by atoms with Crippen LogP contribution in [0.25, 0.3) is 6.08 Å². The van der Waals surface area contributed by atoms with Crippen LogP contribution in [0.15, 0.2) is 82.7 Å². The van der Waals surface area contributed by atoms with Crippen molar-refractivity contribution in [3.8, 4) is 0 Å². The quantitative estimate of drug-likeness (QED) is 0.194. The highest BCUT2D eigenvalue weighted by Crippen LogP contribution is 2.75. The molecule has 6 nitrogen and oxygen atoms in total. The smallest absolute Gasteiger partial charge is 0.330 e. The lowest BCUT2D eigenvalue weighted by atomic mass is 9.34. The van der Waals surface area contributed by atoms with E-state index in [4.69, 9.17) is 9.47 Å². The minimum Gasteiger partial charge on any atom is -0.504 e. The van der Waals surface area contributed by atoms with Gasteiger partial charge in [0.15, 0.2) is 5.76 Å². The Morgan fingerprint density at radius 3 is 2.35 bits per heavy atom. The monoisotopic (exact) mass is 624 g/mol. The van der Waals surface area contributed by atoms with Gasteiger partial charge in [-0.1, -0.05) is 75.8 Å². The summed E-state index contributed by atoms with van der Waals surface area (Å²) in [5.74, 6) is -0.814. The maximum Gasteiger partial charge on any atom is 0.330 e. The lowest BCUT2D eigenvalue weighted by Crippen LogP contribution is -2.62. The SMILES string of the molecule is CC1=C(O)C(=O)C=C2C1=CC=C1[C@@]2(C)CC[C@@]2(C)[C@@H]3C[C@](C)(C(=O)OCCOC(=O)/C=C/c4ccccc4)CC[C@]3(C)CC[C@]12C. The number of ketones is 1. The van der Waals surface area contributed by atoms with E-state index in [2.05, 4.69) is 46.8 Å². The number of hydrogen-bond donors (Lipinski definition) is 1. The Kier molecular flexibility index (Phi) is 7.89. The summed E-state index contributed by atoms with van der Waals surface area (Å²) < 4.78 is 11.1. The van der Waals surface area contributed by atoms with E-state index >= 15 is 0 Å². The molecule has 0 spiro atoms. The zero-order valence-corrected chi connectivity index (χ0v) is 28.2. The highest BCUT2D eigenvalue weighted by atomic mass is 16.6. The van der Waals surface area contributed by atoms with E-state index < -0.39 is 11.4 Å². The maximum absolute atomic E-state index is 13.7. The Morgan fingerprint density at radius 2 is 1.61 bits per heavy atom. The van der Waals surface area contributed by atoms with Crippen LogP contribution < -0.4 is 0 Å². The first-order chi connectivity index (χ1) is 21.7. The molecule has 244 valence electrons. The number of benzene rings is 1. The predicted molar refractivity (Wildman–Crippen MR) is 178 cm³/mol. The van der Waals surface area contributed by atoms with E-state index in [1.54, 1.807) is 12.2 Å². The lowest BCUT2D eigenvalue weighted by molar-refractivity contribution is -0.183. The van der Waals surface area contributed by atoms with Crippen LogP contribution in [-0.2, 0) is 23.9 Å². The van der Waals surface area contributed by atoms with Crippen LogP contribution in [0.5, 0.6) is 0 Å². The third-order valence-electron chi connectivity index (χ3n) is 13.1. The van der Waals surface area contributed by atoms with Crippen molar-refractivity contribution in [2.24, 2.45) is 33.0 Å². The lowest BCUT2D eigenvalue weighted by Gasteiger charge is -2.70. The predicted octanol–water partition coefficient (Wildman–Crippen LogP) is 8.41. The van der Waals surface area contributed by atoms with Crippen molar-refractivity contribution < 1.29 is 29.0 Å². The number of fused-ring (bicyclic) bond motifs is 7. The van der Waals surface area contributed by atoms with Gasteiger partial charge in [0, 0.05) is 17.1 Å². The Balaban J connectivity index is 1.18. The highest BCUT2D eigenvalue weighted by molar-refractivity contribution is 6.06. The molecule has 1 aromatic carbocycles. The molecule has 3 fully saturated rings. The molecular weight excluding hydrogens is 576 g/mol. The summed E-state index contributed by atoms with van der Waals surface area (Å²) in [5, 5.41) is 10.4. The molecule has 0 amide bonds. The van der Waals surface area contributed by atoms with Crippen LogP contribution in [0.2, 0.25) is 0 Å². The topological polar surface area (TPSA) is 89.9 Å². The Bertz CT molecular complexity index is 1630. The summed E-state index contributed by atoms with van der Waals surface area (Å²) in [5.41, 5.74) is 4.03. The van der Waals surface area contributed by atoms with E-state index in [1.807, 2.05) is 37.3 Å². The van der Waals surface area contributed by atoms with Gasteiger partial charge in [-0.15, -0.1) is 0 Å². The maximum atomic E-state index is 13.7. The molecule has 6 rings (SSSR count). The fourth-order valence-electron chi connectivity index (χ4n) is 9.87. The zero-order chi connectivity index (χ0) is 33.1. The molecule has 0 aromatic heterocycles. The number of aliphatic hydroxyl groups excluding tert-OH is 1.